The topological polar surface area (TPSA) is 108 Å². The van der Waals surface area contributed by atoms with Gasteiger partial charge in [-0.25, -0.2) is 4.63 Å². The third-order valence-electron chi connectivity index (χ3n) is 4.18. The number of aromatic nitrogens is 2. The minimum absolute atomic E-state index is 0.405. The molecule has 1 aromatic carbocycles. The maximum Gasteiger partial charge on any atom is 0.160 e. The van der Waals surface area contributed by atoms with Gasteiger partial charge in [-0.1, -0.05) is 6.58 Å². The Labute approximate surface area is 145 Å². The van der Waals surface area contributed by atoms with E-state index in [0.29, 0.717) is 22.3 Å². The number of amidine groups is 1. The first-order valence-electron chi connectivity index (χ1n) is 7.88. The molecule has 3 rings (SSSR count). The Morgan fingerprint density at radius 1 is 1.28 bits per heavy atom. The monoisotopic (exact) mass is 337 g/mol. The van der Waals surface area contributed by atoms with E-state index in [-0.39, 0.29) is 0 Å². The molecule has 128 valence electrons. The third kappa shape index (κ3) is 3.30. The summed E-state index contributed by atoms with van der Waals surface area (Å²) in [7, 11) is 1.74. The minimum atomic E-state index is 0.405. The molecule has 0 unspecified atom stereocenters. The Bertz CT molecular complexity index is 882. The number of nitrogen functional groups attached to an aromatic ring is 1. The Balaban J connectivity index is 1.72. The van der Waals surface area contributed by atoms with Crippen LogP contribution in [0.5, 0.6) is 0 Å². The highest BCUT2D eigenvalue weighted by molar-refractivity contribution is 5.96. The van der Waals surface area contributed by atoms with Crippen molar-refractivity contribution in [3.05, 3.63) is 36.4 Å². The van der Waals surface area contributed by atoms with Crippen LogP contribution in [0.2, 0.25) is 0 Å². The lowest BCUT2D eigenvalue weighted by Gasteiger charge is -2.37. The average molecular weight is 337 g/mol. The Kier molecular flexibility index (Phi) is 4.66. The molecule has 8 heteroatoms. The Hall–Kier alpha value is -3.34. The SMILES string of the molecule is C=C(C#N)/C=C\C(=NC)N1CCN(c2ccc(N)c3nonc23)CC1. The zero-order valence-electron chi connectivity index (χ0n) is 14.0. The van der Waals surface area contributed by atoms with E-state index in [1.54, 1.807) is 13.1 Å². The second kappa shape index (κ2) is 7.05. The maximum atomic E-state index is 8.79. The summed E-state index contributed by atoms with van der Waals surface area (Å²) in [6, 6.07) is 5.77. The van der Waals surface area contributed by atoms with Gasteiger partial charge in [0.25, 0.3) is 0 Å². The van der Waals surface area contributed by atoms with Gasteiger partial charge in [-0.3, -0.25) is 4.99 Å². The number of hydrogen-bond donors (Lipinski definition) is 1. The standard InChI is InChI=1S/C17H19N7O/c1-12(11-18)3-6-15(20-2)24-9-7-23(8-10-24)14-5-4-13(19)16-17(14)22-25-21-16/h3-6H,1,7-10,19H2,2H3/b6-3-,20-15?. The van der Waals surface area contributed by atoms with Crippen LogP contribution >= 0.6 is 0 Å². The minimum Gasteiger partial charge on any atom is -0.397 e. The number of nitriles is 1. The number of hydrogen-bond acceptors (Lipinski definition) is 7. The molecule has 1 aliphatic heterocycles. The van der Waals surface area contributed by atoms with Crippen molar-refractivity contribution >= 4 is 28.2 Å². The molecule has 0 bridgehead atoms. The van der Waals surface area contributed by atoms with E-state index in [2.05, 4.69) is 31.7 Å². The fourth-order valence-electron chi connectivity index (χ4n) is 2.84. The average Bonchev–Trinajstić information content (AvgIpc) is 3.14. The lowest BCUT2D eigenvalue weighted by Crippen LogP contribution is -2.48. The fourth-order valence-corrected chi connectivity index (χ4v) is 2.84. The van der Waals surface area contributed by atoms with E-state index < -0.39 is 0 Å². The normalized spacial score (nSPS) is 15.8. The summed E-state index contributed by atoms with van der Waals surface area (Å²) in [6.07, 6.45) is 3.50. The molecular formula is C17H19N7O. The molecule has 25 heavy (non-hydrogen) atoms. The molecule has 0 saturated carbocycles. The van der Waals surface area contributed by atoms with E-state index in [4.69, 9.17) is 15.6 Å². The van der Waals surface area contributed by atoms with Crippen LogP contribution in [-0.4, -0.2) is 54.3 Å². The van der Waals surface area contributed by atoms with Crippen LogP contribution in [0.3, 0.4) is 0 Å². The van der Waals surface area contributed by atoms with Crippen molar-refractivity contribution in [1.82, 2.24) is 15.2 Å². The summed E-state index contributed by atoms with van der Waals surface area (Å²) in [5.74, 6) is 0.835. The lowest BCUT2D eigenvalue weighted by atomic mass is 10.2. The number of fused-ring (bicyclic) bond motifs is 1. The number of piperazine rings is 1. The molecule has 1 saturated heterocycles. The van der Waals surface area contributed by atoms with Crippen LogP contribution in [0.4, 0.5) is 11.4 Å². The van der Waals surface area contributed by atoms with Gasteiger partial charge in [0.2, 0.25) is 0 Å². The molecule has 1 fully saturated rings. The van der Waals surface area contributed by atoms with Crippen LogP contribution in [0.15, 0.2) is 46.1 Å². The van der Waals surface area contributed by atoms with Crippen molar-refractivity contribution in [3.8, 4) is 6.07 Å². The van der Waals surface area contributed by atoms with Crippen LogP contribution in [0.1, 0.15) is 0 Å². The largest absolute Gasteiger partial charge is 0.397 e. The van der Waals surface area contributed by atoms with Gasteiger partial charge in [0.05, 0.1) is 17.4 Å². The molecular weight excluding hydrogens is 318 g/mol. The van der Waals surface area contributed by atoms with Crippen molar-refractivity contribution in [1.29, 1.82) is 5.26 Å². The van der Waals surface area contributed by atoms with Gasteiger partial charge in [-0.15, -0.1) is 0 Å². The van der Waals surface area contributed by atoms with Crippen molar-refractivity contribution in [2.45, 2.75) is 0 Å². The summed E-state index contributed by atoms with van der Waals surface area (Å²) in [6.45, 7) is 6.85. The lowest BCUT2D eigenvalue weighted by molar-refractivity contribution is 0.315. The van der Waals surface area contributed by atoms with E-state index in [1.807, 2.05) is 24.3 Å². The first-order chi connectivity index (χ1) is 12.1. The van der Waals surface area contributed by atoms with Crippen molar-refractivity contribution in [2.24, 2.45) is 4.99 Å². The van der Waals surface area contributed by atoms with Gasteiger partial charge < -0.3 is 15.5 Å². The molecule has 0 atom stereocenters. The van der Waals surface area contributed by atoms with Gasteiger partial charge in [0.1, 0.15) is 5.84 Å². The molecule has 1 aromatic heterocycles. The fraction of sp³-hybridized carbons (Fsp3) is 0.294. The smallest absolute Gasteiger partial charge is 0.160 e. The third-order valence-corrected chi connectivity index (χ3v) is 4.18. The van der Waals surface area contributed by atoms with Crippen molar-refractivity contribution < 1.29 is 4.63 Å². The molecule has 0 aliphatic carbocycles. The predicted molar refractivity (Wildman–Crippen MR) is 97.3 cm³/mol. The molecule has 2 aromatic rings. The maximum absolute atomic E-state index is 8.79. The number of anilines is 2. The van der Waals surface area contributed by atoms with E-state index in [9.17, 15) is 0 Å². The number of nitrogens with two attached hydrogens (primary N) is 1. The van der Waals surface area contributed by atoms with Gasteiger partial charge in [0.15, 0.2) is 11.0 Å². The molecule has 2 N–H and O–H groups in total. The summed E-state index contributed by atoms with van der Waals surface area (Å²) in [4.78, 5) is 8.71. The zero-order chi connectivity index (χ0) is 17.8. The summed E-state index contributed by atoms with van der Waals surface area (Å²) in [5.41, 5.74) is 9.11. The highest BCUT2D eigenvalue weighted by Crippen LogP contribution is 2.29. The van der Waals surface area contributed by atoms with E-state index in [1.165, 1.54) is 0 Å². The molecule has 0 radical (unpaired) electrons. The number of rotatable bonds is 3. The molecule has 8 nitrogen and oxygen atoms in total. The first-order valence-corrected chi connectivity index (χ1v) is 7.88. The van der Waals surface area contributed by atoms with Gasteiger partial charge in [-0.2, -0.15) is 5.26 Å². The van der Waals surface area contributed by atoms with Gasteiger partial charge in [0, 0.05) is 38.8 Å². The summed E-state index contributed by atoms with van der Waals surface area (Å²) < 4.78 is 4.84. The first kappa shape index (κ1) is 16.5. The molecule has 2 heterocycles. The highest BCUT2D eigenvalue weighted by Gasteiger charge is 2.22. The van der Waals surface area contributed by atoms with Crippen molar-refractivity contribution in [3.63, 3.8) is 0 Å². The number of benzene rings is 1. The molecule has 0 spiro atoms. The second-order valence-electron chi connectivity index (χ2n) is 5.66. The quantitative estimate of drug-likeness (QED) is 0.298. The number of aliphatic imine (C=N–C) groups is 1. The Morgan fingerprint density at radius 3 is 2.68 bits per heavy atom. The van der Waals surface area contributed by atoms with E-state index in [0.717, 1.165) is 37.7 Å². The van der Waals surface area contributed by atoms with Crippen molar-refractivity contribution in [2.75, 3.05) is 43.9 Å². The molecule has 0 amide bonds. The van der Waals surface area contributed by atoms with Crippen LogP contribution in [-0.2, 0) is 0 Å². The number of nitrogens with zero attached hydrogens (tertiary/aromatic N) is 6. The zero-order valence-corrected chi connectivity index (χ0v) is 14.0. The Morgan fingerprint density at radius 2 is 2.00 bits per heavy atom. The second-order valence-corrected chi connectivity index (χ2v) is 5.66. The summed E-state index contributed by atoms with van der Waals surface area (Å²) >= 11 is 0. The van der Waals surface area contributed by atoms with Gasteiger partial charge >= 0.3 is 0 Å². The van der Waals surface area contributed by atoms with Gasteiger partial charge in [-0.05, 0) is 34.6 Å². The molecule has 1 aliphatic rings. The highest BCUT2D eigenvalue weighted by atomic mass is 16.6. The van der Waals surface area contributed by atoms with Crippen LogP contribution in [0.25, 0.3) is 11.0 Å². The van der Waals surface area contributed by atoms with E-state index >= 15 is 0 Å². The predicted octanol–water partition coefficient (Wildman–Crippen LogP) is 1.59. The number of allylic oxidation sites excluding steroid dienone is 2. The summed E-state index contributed by atoms with van der Waals surface area (Å²) in [5, 5.41) is 16.6. The van der Waals surface area contributed by atoms with Crippen LogP contribution < -0.4 is 10.6 Å². The van der Waals surface area contributed by atoms with Crippen LogP contribution in [0, 0.1) is 11.3 Å².